The molecule has 0 atom stereocenters. The van der Waals surface area contributed by atoms with Gasteiger partial charge in [0.05, 0.1) is 6.42 Å². The van der Waals surface area contributed by atoms with E-state index in [1.807, 2.05) is 11.0 Å². The first-order valence-corrected chi connectivity index (χ1v) is 7.50. The largest absolute Gasteiger partial charge is 0.481 e. The van der Waals surface area contributed by atoms with Gasteiger partial charge in [-0.3, -0.25) is 4.79 Å². The van der Waals surface area contributed by atoms with Gasteiger partial charge in [-0.15, -0.1) is 0 Å². The molecule has 128 valence electrons. The van der Waals surface area contributed by atoms with Gasteiger partial charge in [-0.25, -0.2) is 4.79 Å². The van der Waals surface area contributed by atoms with E-state index in [1.54, 1.807) is 52.1 Å². The highest BCUT2D eigenvalue weighted by Gasteiger charge is 2.19. The highest BCUT2D eigenvalue weighted by molar-refractivity contribution is 5.98. The molecule has 1 aromatic carbocycles. The Kier molecular flexibility index (Phi) is 6.54. The summed E-state index contributed by atoms with van der Waals surface area (Å²) in [5.74, 6) is -1.51. The summed E-state index contributed by atoms with van der Waals surface area (Å²) in [5.41, 5.74) is 0.804. The van der Waals surface area contributed by atoms with Crippen molar-refractivity contribution in [2.75, 3.05) is 18.5 Å². The van der Waals surface area contributed by atoms with E-state index in [9.17, 15) is 9.59 Å². The lowest BCUT2D eigenvalue weighted by Gasteiger charge is -2.19. The van der Waals surface area contributed by atoms with Crippen LogP contribution in [-0.2, 0) is 14.3 Å². The second-order valence-electron chi connectivity index (χ2n) is 6.33. The Hall–Kier alpha value is -2.81. The first-order chi connectivity index (χ1) is 11.1. The zero-order chi connectivity index (χ0) is 18.3. The summed E-state index contributed by atoms with van der Waals surface area (Å²) in [6.45, 7) is 5.61. The number of carboxylic acids is 1. The standard InChI is InChI=1S/C18H22N2O4/c1-18(2,3)24-17(23)14(12-19)11-13-5-7-15(8-6-13)20(4)10-9-16(21)22/h5-8,11H,9-10H2,1-4H3,(H,21,22)/b14-11+. The molecule has 0 saturated carbocycles. The molecule has 0 aliphatic rings. The lowest BCUT2D eigenvalue weighted by Crippen LogP contribution is -2.24. The summed E-state index contributed by atoms with van der Waals surface area (Å²) < 4.78 is 5.19. The van der Waals surface area contributed by atoms with Crippen LogP contribution < -0.4 is 4.90 Å². The minimum atomic E-state index is -0.850. The molecule has 6 nitrogen and oxygen atoms in total. The summed E-state index contributed by atoms with van der Waals surface area (Å²) in [6.07, 6.45) is 1.52. The molecule has 0 saturated heterocycles. The SMILES string of the molecule is CN(CCC(=O)O)c1ccc(/C=C(\C#N)C(=O)OC(C)(C)C)cc1. The number of carboxylic acid groups (broad SMARTS) is 1. The van der Waals surface area contributed by atoms with E-state index in [0.29, 0.717) is 12.1 Å². The highest BCUT2D eigenvalue weighted by atomic mass is 16.6. The van der Waals surface area contributed by atoms with Crippen molar-refractivity contribution in [2.24, 2.45) is 0 Å². The Balaban J connectivity index is 2.85. The molecule has 1 rings (SSSR count). The number of nitriles is 1. The smallest absolute Gasteiger partial charge is 0.349 e. The fourth-order valence-corrected chi connectivity index (χ4v) is 1.85. The number of aliphatic carboxylic acids is 1. The predicted molar refractivity (Wildman–Crippen MR) is 91.4 cm³/mol. The fourth-order valence-electron chi connectivity index (χ4n) is 1.85. The number of ether oxygens (including phenoxy) is 1. The zero-order valence-electron chi connectivity index (χ0n) is 14.4. The maximum Gasteiger partial charge on any atom is 0.349 e. The van der Waals surface area contributed by atoms with Crippen molar-refractivity contribution in [1.82, 2.24) is 0 Å². The summed E-state index contributed by atoms with van der Waals surface area (Å²) in [7, 11) is 1.80. The normalized spacial score (nSPS) is 11.5. The van der Waals surface area contributed by atoms with Gasteiger partial charge >= 0.3 is 11.9 Å². The van der Waals surface area contributed by atoms with Crippen LogP contribution in [0.25, 0.3) is 6.08 Å². The van der Waals surface area contributed by atoms with Crippen LogP contribution in [0.5, 0.6) is 0 Å². The van der Waals surface area contributed by atoms with Crippen LogP contribution in [0.4, 0.5) is 5.69 Å². The van der Waals surface area contributed by atoms with Crippen molar-refractivity contribution in [3.05, 3.63) is 35.4 Å². The number of benzene rings is 1. The van der Waals surface area contributed by atoms with Crippen LogP contribution >= 0.6 is 0 Å². The monoisotopic (exact) mass is 330 g/mol. The van der Waals surface area contributed by atoms with Gasteiger partial charge in [-0.2, -0.15) is 5.26 Å². The van der Waals surface area contributed by atoms with E-state index in [1.165, 1.54) is 6.08 Å². The number of nitrogens with zero attached hydrogens (tertiary/aromatic N) is 2. The maximum absolute atomic E-state index is 11.9. The van der Waals surface area contributed by atoms with Crippen molar-refractivity contribution < 1.29 is 19.4 Å². The molecule has 0 radical (unpaired) electrons. The van der Waals surface area contributed by atoms with Gasteiger partial charge in [0.25, 0.3) is 0 Å². The van der Waals surface area contributed by atoms with E-state index in [2.05, 4.69) is 0 Å². The molecule has 0 amide bonds. The van der Waals surface area contributed by atoms with E-state index >= 15 is 0 Å². The van der Waals surface area contributed by atoms with Crippen molar-refractivity contribution in [3.63, 3.8) is 0 Å². The molecule has 1 aromatic rings. The Bertz CT molecular complexity index is 664. The summed E-state index contributed by atoms with van der Waals surface area (Å²) in [4.78, 5) is 24.4. The van der Waals surface area contributed by atoms with E-state index in [-0.39, 0.29) is 12.0 Å². The average molecular weight is 330 g/mol. The van der Waals surface area contributed by atoms with Gasteiger partial charge < -0.3 is 14.7 Å². The summed E-state index contributed by atoms with van der Waals surface area (Å²) >= 11 is 0. The maximum atomic E-state index is 11.9. The van der Waals surface area contributed by atoms with E-state index < -0.39 is 17.5 Å². The number of rotatable bonds is 6. The average Bonchev–Trinajstić information content (AvgIpc) is 2.49. The quantitative estimate of drug-likeness (QED) is 0.490. The minimum absolute atomic E-state index is 0.0510. The molecule has 0 aliphatic carbocycles. The molecule has 1 N–H and O–H groups in total. The topological polar surface area (TPSA) is 90.6 Å². The molecule has 0 bridgehead atoms. The number of carbonyl (C=O) groups excluding carboxylic acids is 1. The predicted octanol–water partition coefficient (Wildman–Crippen LogP) is 2.85. The third-order valence-corrected chi connectivity index (χ3v) is 3.05. The summed E-state index contributed by atoms with van der Waals surface area (Å²) in [6, 6.07) is 8.98. The molecule has 0 aromatic heterocycles. The van der Waals surface area contributed by atoms with Gasteiger partial charge in [0.1, 0.15) is 17.2 Å². The van der Waals surface area contributed by atoms with Crippen molar-refractivity contribution in [1.29, 1.82) is 5.26 Å². The Morgan fingerprint density at radius 3 is 2.33 bits per heavy atom. The third kappa shape index (κ3) is 6.53. The molecule has 0 unspecified atom stereocenters. The lowest BCUT2D eigenvalue weighted by atomic mass is 10.1. The van der Waals surface area contributed by atoms with Gasteiger partial charge in [-0.05, 0) is 44.5 Å². The van der Waals surface area contributed by atoms with Crippen molar-refractivity contribution in [3.8, 4) is 6.07 Å². The molecule has 0 spiro atoms. The van der Waals surface area contributed by atoms with Gasteiger partial charge in [-0.1, -0.05) is 12.1 Å². The first kappa shape index (κ1) is 19.2. The van der Waals surface area contributed by atoms with E-state index in [0.717, 1.165) is 5.69 Å². The second-order valence-corrected chi connectivity index (χ2v) is 6.33. The highest BCUT2D eigenvalue weighted by Crippen LogP contribution is 2.17. The van der Waals surface area contributed by atoms with Crippen molar-refractivity contribution in [2.45, 2.75) is 32.8 Å². The number of hydrogen-bond acceptors (Lipinski definition) is 5. The van der Waals surface area contributed by atoms with Gasteiger partial charge in [0.2, 0.25) is 0 Å². The molecule has 0 heterocycles. The van der Waals surface area contributed by atoms with Crippen LogP contribution in [0.1, 0.15) is 32.8 Å². The first-order valence-electron chi connectivity index (χ1n) is 7.50. The molecule has 24 heavy (non-hydrogen) atoms. The Morgan fingerprint density at radius 2 is 1.88 bits per heavy atom. The zero-order valence-corrected chi connectivity index (χ0v) is 14.4. The van der Waals surface area contributed by atoms with Crippen LogP contribution in [0.3, 0.4) is 0 Å². The van der Waals surface area contributed by atoms with Gasteiger partial charge in [0.15, 0.2) is 0 Å². The van der Waals surface area contributed by atoms with Crippen molar-refractivity contribution >= 4 is 23.7 Å². The molecular weight excluding hydrogens is 308 g/mol. The molecule has 6 heteroatoms. The minimum Gasteiger partial charge on any atom is -0.481 e. The Labute approximate surface area is 142 Å². The number of hydrogen-bond donors (Lipinski definition) is 1. The lowest BCUT2D eigenvalue weighted by molar-refractivity contribution is -0.149. The third-order valence-electron chi connectivity index (χ3n) is 3.05. The van der Waals surface area contributed by atoms with Crippen LogP contribution in [0.2, 0.25) is 0 Å². The number of anilines is 1. The molecular formula is C18H22N2O4. The second kappa shape index (κ2) is 8.16. The molecule has 0 aliphatic heterocycles. The fraction of sp³-hybridized carbons (Fsp3) is 0.389. The van der Waals surface area contributed by atoms with Crippen LogP contribution in [0.15, 0.2) is 29.8 Å². The van der Waals surface area contributed by atoms with Crippen LogP contribution in [0, 0.1) is 11.3 Å². The number of esters is 1. The van der Waals surface area contributed by atoms with E-state index in [4.69, 9.17) is 15.1 Å². The number of carbonyl (C=O) groups is 2. The van der Waals surface area contributed by atoms with Crippen LogP contribution in [-0.4, -0.2) is 36.2 Å². The summed E-state index contributed by atoms with van der Waals surface area (Å²) in [5, 5.41) is 17.8. The van der Waals surface area contributed by atoms with Gasteiger partial charge in [0, 0.05) is 19.3 Å². The molecule has 0 fully saturated rings. The Morgan fingerprint density at radius 1 is 1.29 bits per heavy atom.